The van der Waals surface area contributed by atoms with Gasteiger partial charge in [0.05, 0.1) is 11.3 Å². The van der Waals surface area contributed by atoms with Crippen LogP contribution in [-0.2, 0) is 6.18 Å². The van der Waals surface area contributed by atoms with Crippen molar-refractivity contribution in [3.8, 4) is 0 Å². The molecule has 1 aromatic carbocycles. The fourth-order valence-electron chi connectivity index (χ4n) is 1.73. The molecule has 20 heavy (non-hydrogen) atoms. The van der Waals surface area contributed by atoms with E-state index in [1.165, 1.54) is 18.2 Å². The van der Waals surface area contributed by atoms with Gasteiger partial charge in [0.15, 0.2) is 0 Å². The van der Waals surface area contributed by atoms with Crippen LogP contribution in [0.5, 0.6) is 0 Å². The molecule has 7 heteroatoms. The van der Waals surface area contributed by atoms with E-state index < -0.39 is 17.7 Å². The van der Waals surface area contributed by atoms with E-state index in [2.05, 4.69) is 9.68 Å². The van der Waals surface area contributed by atoms with Gasteiger partial charge >= 0.3 is 12.1 Å². The molecular weight excluding hydrogens is 275 g/mol. The molecule has 1 N–H and O–H groups in total. The van der Waals surface area contributed by atoms with Crippen molar-refractivity contribution < 1.29 is 27.6 Å². The van der Waals surface area contributed by atoms with Crippen molar-refractivity contribution in [2.24, 2.45) is 0 Å². The van der Waals surface area contributed by atoms with Gasteiger partial charge in [0.1, 0.15) is 0 Å². The van der Waals surface area contributed by atoms with Gasteiger partial charge in [0, 0.05) is 12.0 Å². The molecule has 4 nitrogen and oxygen atoms in total. The summed E-state index contributed by atoms with van der Waals surface area (Å²) in [7, 11) is 0. The largest absolute Gasteiger partial charge is 0.475 e. The maximum atomic E-state index is 12.4. The number of rotatable bonds is 3. The summed E-state index contributed by atoms with van der Waals surface area (Å²) in [6.45, 7) is 1.70. The molecule has 0 amide bonds. The van der Waals surface area contributed by atoms with E-state index in [1.807, 2.05) is 0 Å². The van der Waals surface area contributed by atoms with Crippen LogP contribution in [-0.4, -0.2) is 16.2 Å². The van der Waals surface area contributed by atoms with Crippen LogP contribution in [0.2, 0.25) is 0 Å². The maximum absolute atomic E-state index is 12.4. The van der Waals surface area contributed by atoms with Crippen LogP contribution in [0.4, 0.5) is 13.2 Å². The minimum Gasteiger partial charge on any atom is -0.475 e. The molecule has 0 saturated carbocycles. The van der Waals surface area contributed by atoms with Crippen molar-refractivity contribution in [3.05, 3.63) is 52.9 Å². The summed E-state index contributed by atoms with van der Waals surface area (Å²) in [4.78, 5) is 10.7. The average Bonchev–Trinajstić information content (AvgIpc) is 2.86. The van der Waals surface area contributed by atoms with E-state index in [0.717, 1.165) is 12.1 Å². The number of aromatic nitrogens is 1. The number of hydrogen-bond acceptors (Lipinski definition) is 3. The Kier molecular flexibility index (Phi) is 3.52. The lowest BCUT2D eigenvalue weighted by Crippen LogP contribution is -2.05. The van der Waals surface area contributed by atoms with Gasteiger partial charge in [0.25, 0.3) is 0 Å². The second-order valence-corrected chi connectivity index (χ2v) is 4.26. The average molecular weight is 285 g/mol. The third-order valence-electron chi connectivity index (χ3n) is 2.92. The Bertz CT molecular complexity index is 617. The van der Waals surface area contributed by atoms with Crippen LogP contribution in [0.25, 0.3) is 0 Å². The van der Waals surface area contributed by atoms with Crippen molar-refractivity contribution in [3.63, 3.8) is 0 Å². The summed E-state index contributed by atoms with van der Waals surface area (Å²) in [6.07, 6.45) is -4.38. The highest BCUT2D eigenvalue weighted by atomic mass is 19.4. The second-order valence-electron chi connectivity index (χ2n) is 4.26. The predicted molar refractivity (Wildman–Crippen MR) is 62.4 cm³/mol. The van der Waals surface area contributed by atoms with Gasteiger partial charge in [-0.15, -0.1) is 0 Å². The molecule has 1 heterocycles. The van der Waals surface area contributed by atoms with E-state index in [4.69, 9.17) is 5.11 Å². The van der Waals surface area contributed by atoms with Gasteiger partial charge in [-0.3, -0.25) is 0 Å². The first kappa shape index (κ1) is 14.1. The molecule has 0 fully saturated rings. The first-order valence-electron chi connectivity index (χ1n) is 5.66. The Labute approximate surface area is 111 Å². The van der Waals surface area contributed by atoms with Crippen molar-refractivity contribution in [2.75, 3.05) is 0 Å². The SMILES string of the molecule is CC(c1ccc(C(F)(F)F)cc1)c1cc(C(=O)O)on1. The monoisotopic (exact) mass is 285 g/mol. The molecule has 106 valence electrons. The standard InChI is InChI=1S/C13H10F3NO3/c1-7(10-6-11(12(18)19)20-17-10)8-2-4-9(5-3-8)13(14,15)16/h2-7H,1H3,(H,18,19). The summed E-state index contributed by atoms with van der Waals surface area (Å²) in [5.74, 6) is -1.92. The molecule has 0 bridgehead atoms. The van der Waals surface area contributed by atoms with Crippen LogP contribution in [0.15, 0.2) is 34.9 Å². The van der Waals surface area contributed by atoms with E-state index in [0.29, 0.717) is 11.3 Å². The number of carbonyl (C=O) groups is 1. The molecular formula is C13H10F3NO3. The Hall–Kier alpha value is -2.31. The van der Waals surface area contributed by atoms with Crippen molar-refractivity contribution >= 4 is 5.97 Å². The van der Waals surface area contributed by atoms with Gasteiger partial charge in [-0.05, 0) is 17.7 Å². The Morgan fingerprint density at radius 1 is 1.30 bits per heavy atom. The predicted octanol–water partition coefficient (Wildman–Crippen LogP) is 3.54. The normalized spacial score (nSPS) is 13.2. The quantitative estimate of drug-likeness (QED) is 0.936. The van der Waals surface area contributed by atoms with Gasteiger partial charge in [0.2, 0.25) is 5.76 Å². The molecule has 1 aromatic heterocycles. The van der Waals surface area contributed by atoms with Crippen molar-refractivity contribution in [1.82, 2.24) is 5.16 Å². The van der Waals surface area contributed by atoms with Crippen LogP contribution >= 0.6 is 0 Å². The summed E-state index contributed by atoms with van der Waals surface area (Å²) in [5, 5.41) is 12.3. The summed E-state index contributed by atoms with van der Waals surface area (Å²) in [6, 6.07) is 5.88. The fraction of sp³-hybridized carbons (Fsp3) is 0.231. The lowest BCUT2D eigenvalue weighted by Gasteiger charge is -2.11. The molecule has 2 rings (SSSR count). The van der Waals surface area contributed by atoms with E-state index >= 15 is 0 Å². The third kappa shape index (κ3) is 2.81. The number of carboxylic acids is 1. The molecule has 0 aliphatic rings. The fourth-order valence-corrected chi connectivity index (χ4v) is 1.73. The molecule has 0 aliphatic carbocycles. The van der Waals surface area contributed by atoms with Gasteiger partial charge in [-0.2, -0.15) is 13.2 Å². The zero-order valence-electron chi connectivity index (χ0n) is 10.3. The number of benzene rings is 1. The zero-order valence-corrected chi connectivity index (χ0v) is 10.3. The zero-order chi connectivity index (χ0) is 14.9. The lowest BCUT2D eigenvalue weighted by molar-refractivity contribution is -0.137. The summed E-state index contributed by atoms with van der Waals surface area (Å²) >= 11 is 0. The first-order chi connectivity index (χ1) is 9.29. The van der Waals surface area contributed by atoms with E-state index in [9.17, 15) is 18.0 Å². The summed E-state index contributed by atoms with van der Waals surface area (Å²) < 4.78 is 41.9. The Morgan fingerprint density at radius 3 is 2.35 bits per heavy atom. The number of aromatic carboxylic acids is 1. The number of halogens is 3. The number of nitrogens with zero attached hydrogens (tertiary/aromatic N) is 1. The third-order valence-corrected chi connectivity index (χ3v) is 2.92. The minimum absolute atomic E-state index is 0.307. The molecule has 0 radical (unpaired) electrons. The van der Waals surface area contributed by atoms with Gasteiger partial charge in [-0.1, -0.05) is 24.2 Å². The molecule has 1 unspecified atom stereocenters. The highest BCUT2D eigenvalue weighted by Crippen LogP contribution is 2.31. The molecule has 1 atom stereocenters. The Morgan fingerprint density at radius 2 is 1.90 bits per heavy atom. The minimum atomic E-state index is -4.38. The summed E-state index contributed by atoms with van der Waals surface area (Å²) in [5.41, 5.74) is 0.199. The van der Waals surface area contributed by atoms with Gasteiger partial charge < -0.3 is 9.63 Å². The number of carboxylic acid groups (broad SMARTS) is 1. The van der Waals surface area contributed by atoms with Gasteiger partial charge in [-0.25, -0.2) is 4.79 Å². The van der Waals surface area contributed by atoms with Crippen LogP contribution in [0.1, 0.15) is 40.2 Å². The van der Waals surface area contributed by atoms with Crippen molar-refractivity contribution in [1.29, 1.82) is 0 Å². The maximum Gasteiger partial charge on any atom is 0.416 e. The molecule has 2 aromatic rings. The molecule has 0 spiro atoms. The van der Waals surface area contributed by atoms with E-state index in [1.54, 1.807) is 6.92 Å². The first-order valence-corrected chi connectivity index (χ1v) is 5.66. The number of hydrogen-bond donors (Lipinski definition) is 1. The van der Waals surface area contributed by atoms with Crippen LogP contribution in [0.3, 0.4) is 0 Å². The van der Waals surface area contributed by atoms with E-state index in [-0.39, 0.29) is 11.7 Å². The molecule has 0 saturated heterocycles. The topological polar surface area (TPSA) is 63.3 Å². The Balaban J connectivity index is 2.24. The van der Waals surface area contributed by atoms with Crippen LogP contribution in [0, 0.1) is 0 Å². The highest BCUT2D eigenvalue weighted by molar-refractivity contribution is 5.84. The lowest BCUT2D eigenvalue weighted by atomic mass is 9.96. The van der Waals surface area contributed by atoms with Crippen LogP contribution < -0.4 is 0 Å². The second kappa shape index (κ2) is 4.99. The highest BCUT2D eigenvalue weighted by Gasteiger charge is 2.30. The number of alkyl halides is 3. The smallest absolute Gasteiger partial charge is 0.416 e. The van der Waals surface area contributed by atoms with Crippen molar-refractivity contribution in [2.45, 2.75) is 19.0 Å². The molecule has 0 aliphatic heterocycles.